The molecule has 3 nitrogen and oxygen atoms in total. The predicted octanol–water partition coefficient (Wildman–Crippen LogP) is 3.09. The van der Waals surface area contributed by atoms with Crippen molar-refractivity contribution < 1.29 is 0 Å². The van der Waals surface area contributed by atoms with Crippen molar-refractivity contribution in [3.63, 3.8) is 0 Å². The SMILES string of the molecule is CCCC(CCN)CCCNCc1scnc1C. The number of thiazole rings is 1. The molecule has 0 bridgehead atoms. The Bertz CT molecular complexity index is 306. The standard InChI is InChI=1S/C14H27N3S/c1-3-5-13(7-8-15)6-4-9-16-10-14-12(2)17-11-18-14/h11,13,16H,3-10,15H2,1-2H3. The molecular formula is C14H27N3S. The van der Waals surface area contributed by atoms with E-state index in [1.54, 1.807) is 11.3 Å². The summed E-state index contributed by atoms with van der Waals surface area (Å²) in [6, 6.07) is 0. The van der Waals surface area contributed by atoms with Crippen molar-refractivity contribution in [3.05, 3.63) is 16.1 Å². The third kappa shape index (κ3) is 5.94. The van der Waals surface area contributed by atoms with Crippen LogP contribution in [0, 0.1) is 12.8 Å². The Balaban J connectivity index is 2.08. The molecule has 104 valence electrons. The molecule has 1 aromatic rings. The van der Waals surface area contributed by atoms with Crippen LogP contribution in [-0.2, 0) is 6.54 Å². The van der Waals surface area contributed by atoms with E-state index in [2.05, 4.69) is 24.1 Å². The summed E-state index contributed by atoms with van der Waals surface area (Å²) in [5.41, 5.74) is 8.74. The second-order valence-corrected chi connectivity index (χ2v) is 5.85. The van der Waals surface area contributed by atoms with Crippen LogP contribution in [0.3, 0.4) is 0 Å². The molecule has 1 aromatic heterocycles. The molecular weight excluding hydrogens is 242 g/mol. The van der Waals surface area contributed by atoms with E-state index in [0.29, 0.717) is 0 Å². The molecule has 1 atom stereocenters. The lowest BCUT2D eigenvalue weighted by atomic mass is 9.94. The van der Waals surface area contributed by atoms with Gasteiger partial charge in [-0.05, 0) is 45.2 Å². The van der Waals surface area contributed by atoms with Crippen LogP contribution >= 0.6 is 11.3 Å². The fourth-order valence-electron chi connectivity index (χ4n) is 2.29. The van der Waals surface area contributed by atoms with Gasteiger partial charge in [-0.1, -0.05) is 19.8 Å². The summed E-state index contributed by atoms with van der Waals surface area (Å²) < 4.78 is 0. The van der Waals surface area contributed by atoms with Crippen LogP contribution in [0.15, 0.2) is 5.51 Å². The Morgan fingerprint density at radius 1 is 1.39 bits per heavy atom. The van der Waals surface area contributed by atoms with E-state index in [1.807, 2.05) is 5.51 Å². The van der Waals surface area contributed by atoms with Crippen LogP contribution in [0.4, 0.5) is 0 Å². The first-order valence-electron chi connectivity index (χ1n) is 7.07. The van der Waals surface area contributed by atoms with Gasteiger partial charge in [0.2, 0.25) is 0 Å². The minimum Gasteiger partial charge on any atom is -0.330 e. The van der Waals surface area contributed by atoms with Gasteiger partial charge in [0.05, 0.1) is 11.2 Å². The minimum absolute atomic E-state index is 0.826. The predicted molar refractivity (Wildman–Crippen MR) is 79.9 cm³/mol. The topological polar surface area (TPSA) is 50.9 Å². The van der Waals surface area contributed by atoms with Gasteiger partial charge >= 0.3 is 0 Å². The van der Waals surface area contributed by atoms with E-state index in [4.69, 9.17) is 5.73 Å². The second-order valence-electron chi connectivity index (χ2n) is 4.91. The molecule has 0 aromatic carbocycles. The smallest absolute Gasteiger partial charge is 0.0798 e. The van der Waals surface area contributed by atoms with E-state index < -0.39 is 0 Å². The molecule has 1 unspecified atom stereocenters. The normalized spacial score (nSPS) is 12.8. The van der Waals surface area contributed by atoms with Gasteiger partial charge < -0.3 is 11.1 Å². The van der Waals surface area contributed by atoms with Crippen molar-refractivity contribution >= 4 is 11.3 Å². The van der Waals surface area contributed by atoms with Crippen molar-refractivity contribution in [2.24, 2.45) is 11.7 Å². The Labute approximate surface area is 115 Å². The van der Waals surface area contributed by atoms with Gasteiger partial charge in [-0.2, -0.15) is 0 Å². The number of aromatic nitrogens is 1. The van der Waals surface area contributed by atoms with Crippen molar-refractivity contribution in [2.45, 2.75) is 52.5 Å². The largest absolute Gasteiger partial charge is 0.330 e. The van der Waals surface area contributed by atoms with Gasteiger partial charge in [-0.15, -0.1) is 11.3 Å². The summed E-state index contributed by atoms with van der Waals surface area (Å²) >= 11 is 1.74. The Kier molecular flexibility index (Phi) is 8.22. The van der Waals surface area contributed by atoms with Crippen LogP contribution in [0.2, 0.25) is 0 Å². The highest BCUT2D eigenvalue weighted by Gasteiger charge is 2.06. The average molecular weight is 269 g/mol. The lowest BCUT2D eigenvalue weighted by molar-refractivity contribution is 0.403. The van der Waals surface area contributed by atoms with Gasteiger partial charge in [-0.3, -0.25) is 0 Å². The highest BCUT2D eigenvalue weighted by molar-refractivity contribution is 7.09. The summed E-state index contributed by atoms with van der Waals surface area (Å²) in [6.07, 6.45) is 6.34. The maximum Gasteiger partial charge on any atom is 0.0798 e. The maximum absolute atomic E-state index is 5.65. The number of rotatable bonds is 10. The second kappa shape index (κ2) is 9.48. The van der Waals surface area contributed by atoms with Gasteiger partial charge in [-0.25, -0.2) is 4.98 Å². The molecule has 0 fully saturated rings. The molecule has 0 saturated heterocycles. The number of hydrogen-bond donors (Lipinski definition) is 2. The van der Waals surface area contributed by atoms with Gasteiger partial charge in [0.1, 0.15) is 0 Å². The third-order valence-electron chi connectivity index (χ3n) is 3.37. The third-order valence-corrected chi connectivity index (χ3v) is 4.30. The fourth-order valence-corrected chi connectivity index (χ4v) is 3.04. The molecule has 1 heterocycles. The quantitative estimate of drug-likeness (QED) is 0.642. The molecule has 18 heavy (non-hydrogen) atoms. The zero-order valence-electron chi connectivity index (χ0n) is 11.7. The van der Waals surface area contributed by atoms with Crippen molar-refractivity contribution in [1.82, 2.24) is 10.3 Å². The lowest BCUT2D eigenvalue weighted by Crippen LogP contribution is -2.16. The fraction of sp³-hybridized carbons (Fsp3) is 0.786. The Morgan fingerprint density at radius 3 is 2.83 bits per heavy atom. The molecule has 4 heteroatoms. The summed E-state index contributed by atoms with van der Waals surface area (Å²) in [5, 5.41) is 3.51. The van der Waals surface area contributed by atoms with Crippen LogP contribution in [0.1, 0.15) is 49.6 Å². The van der Waals surface area contributed by atoms with Crippen LogP contribution in [-0.4, -0.2) is 18.1 Å². The summed E-state index contributed by atoms with van der Waals surface area (Å²) in [6.45, 7) is 7.23. The first kappa shape index (κ1) is 15.6. The van der Waals surface area contributed by atoms with E-state index in [1.165, 1.54) is 42.7 Å². The van der Waals surface area contributed by atoms with Gasteiger partial charge in [0, 0.05) is 11.4 Å². The summed E-state index contributed by atoms with van der Waals surface area (Å²) in [7, 11) is 0. The van der Waals surface area contributed by atoms with Crippen molar-refractivity contribution in [1.29, 1.82) is 0 Å². The number of nitrogens with one attached hydrogen (secondary N) is 1. The highest BCUT2D eigenvalue weighted by atomic mass is 32.1. The summed E-state index contributed by atoms with van der Waals surface area (Å²) in [5.74, 6) is 0.826. The zero-order valence-corrected chi connectivity index (χ0v) is 12.6. The Morgan fingerprint density at radius 2 is 2.22 bits per heavy atom. The lowest BCUT2D eigenvalue weighted by Gasteiger charge is -2.14. The van der Waals surface area contributed by atoms with Crippen LogP contribution in [0.5, 0.6) is 0 Å². The van der Waals surface area contributed by atoms with Crippen LogP contribution < -0.4 is 11.1 Å². The average Bonchev–Trinajstić information content (AvgIpc) is 2.75. The van der Waals surface area contributed by atoms with Crippen LogP contribution in [0.25, 0.3) is 0 Å². The van der Waals surface area contributed by atoms with E-state index in [9.17, 15) is 0 Å². The number of aryl methyl sites for hydroxylation is 1. The highest BCUT2D eigenvalue weighted by Crippen LogP contribution is 2.16. The Hall–Kier alpha value is -0.450. The zero-order chi connectivity index (χ0) is 13.2. The monoisotopic (exact) mass is 269 g/mol. The minimum atomic E-state index is 0.826. The molecule has 0 amide bonds. The van der Waals surface area contributed by atoms with Crippen molar-refractivity contribution in [2.75, 3.05) is 13.1 Å². The molecule has 0 saturated carbocycles. The molecule has 0 radical (unpaired) electrons. The number of nitrogens with zero attached hydrogens (tertiary/aromatic N) is 1. The molecule has 0 spiro atoms. The number of nitrogens with two attached hydrogens (primary N) is 1. The maximum atomic E-state index is 5.65. The van der Waals surface area contributed by atoms with E-state index in [-0.39, 0.29) is 0 Å². The van der Waals surface area contributed by atoms with E-state index in [0.717, 1.165) is 25.6 Å². The van der Waals surface area contributed by atoms with Crippen molar-refractivity contribution in [3.8, 4) is 0 Å². The molecule has 3 N–H and O–H groups in total. The van der Waals surface area contributed by atoms with Gasteiger partial charge in [0.15, 0.2) is 0 Å². The van der Waals surface area contributed by atoms with E-state index >= 15 is 0 Å². The summed E-state index contributed by atoms with van der Waals surface area (Å²) in [4.78, 5) is 5.62. The molecule has 0 aliphatic carbocycles. The van der Waals surface area contributed by atoms with Gasteiger partial charge in [0.25, 0.3) is 0 Å². The molecule has 0 aliphatic rings. The molecule has 0 aliphatic heterocycles. The first-order chi connectivity index (χ1) is 8.77. The first-order valence-corrected chi connectivity index (χ1v) is 7.95. The number of hydrogen-bond acceptors (Lipinski definition) is 4. The molecule has 1 rings (SSSR count).